The standard InChI is InChI=1S/C20H15N3O5S/c1-3-8-28-16-6-4-13(9-17(16)27-2)12-21-22-20(24)19-11-14-10-15(23(25)26)5-7-18(14)29-19/h1,4-7,9-12H,8H2,2H3,(H,22,24). The van der Waals surface area contributed by atoms with Crippen molar-refractivity contribution in [2.75, 3.05) is 13.7 Å². The third kappa shape index (κ3) is 4.69. The summed E-state index contributed by atoms with van der Waals surface area (Å²) in [4.78, 5) is 23.1. The van der Waals surface area contributed by atoms with Crippen molar-refractivity contribution in [2.45, 2.75) is 0 Å². The van der Waals surface area contributed by atoms with Crippen molar-refractivity contribution in [1.29, 1.82) is 0 Å². The average molecular weight is 409 g/mol. The summed E-state index contributed by atoms with van der Waals surface area (Å²) in [6.07, 6.45) is 6.64. The van der Waals surface area contributed by atoms with Crippen LogP contribution in [0, 0.1) is 22.5 Å². The fraction of sp³-hybridized carbons (Fsp3) is 0.100. The number of nitrogens with zero attached hydrogens (tertiary/aromatic N) is 2. The molecule has 3 aromatic rings. The second kappa shape index (κ2) is 8.86. The number of terminal acetylenes is 1. The Kier molecular flexibility index (Phi) is 6.06. The van der Waals surface area contributed by atoms with Gasteiger partial charge in [-0.05, 0) is 35.9 Å². The highest BCUT2D eigenvalue weighted by molar-refractivity contribution is 7.20. The van der Waals surface area contributed by atoms with Crippen LogP contribution in [0.4, 0.5) is 5.69 Å². The van der Waals surface area contributed by atoms with Crippen molar-refractivity contribution < 1.29 is 19.2 Å². The van der Waals surface area contributed by atoms with Gasteiger partial charge < -0.3 is 9.47 Å². The highest BCUT2D eigenvalue weighted by atomic mass is 32.1. The van der Waals surface area contributed by atoms with E-state index in [0.29, 0.717) is 27.3 Å². The van der Waals surface area contributed by atoms with Crippen LogP contribution in [0.25, 0.3) is 10.1 Å². The van der Waals surface area contributed by atoms with Gasteiger partial charge >= 0.3 is 0 Å². The monoisotopic (exact) mass is 409 g/mol. The molecule has 2 aromatic carbocycles. The first kappa shape index (κ1) is 19.9. The van der Waals surface area contributed by atoms with E-state index in [1.807, 2.05) is 0 Å². The van der Waals surface area contributed by atoms with E-state index in [2.05, 4.69) is 16.4 Å². The molecule has 0 aliphatic heterocycles. The van der Waals surface area contributed by atoms with Crippen LogP contribution in [0.1, 0.15) is 15.2 Å². The fourth-order valence-electron chi connectivity index (χ4n) is 2.48. The smallest absolute Gasteiger partial charge is 0.281 e. The third-order valence-electron chi connectivity index (χ3n) is 3.81. The van der Waals surface area contributed by atoms with E-state index in [1.54, 1.807) is 30.3 Å². The Hall–Kier alpha value is -3.90. The van der Waals surface area contributed by atoms with Gasteiger partial charge in [-0.1, -0.05) is 5.92 Å². The number of nitro groups is 1. The predicted octanol–water partition coefficient (Wildman–Crippen LogP) is 3.59. The first-order valence-electron chi connectivity index (χ1n) is 8.27. The number of amides is 1. The quantitative estimate of drug-likeness (QED) is 0.278. The SMILES string of the molecule is C#CCOc1ccc(C=NNC(=O)c2cc3cc([N+](=O)[O-])ccc3s2)cc1OC. The molecule has 0 fully saturated rings. The first-order chi connectivity index (χ1) is 14.0. The number of non-ortho nitro benzene ring substituents is 1. The average Bonchev–Trinajstić information content (AvgIpc) is 3.16. The van der Waals surface area contributed by atoms with Crippen LogP contribution in [0.15, 0.2) is 47.6 Å². The van der Waals surface area contributed by atoms with Gasteiger partial charge in [0.1, 0.15) is 6.61 Å². The molecule has 0 aliphatic rings. The molecule has 0 bridgehead atoms. The maximum Gasteiger partial charge on any atom is 0.281 e. The lowest BCUT2D eigenvalue weighted by molar-refractivity contribution is -0.384. The molecule has 1 N–H and O–H groups in total. The number of nitrogens with one attached hydrogen (secondary N) is 1. The molecule has 3 rings (SSSR count). The van der Waals surface area contributed by atoms with Gasteiger partial charge in [0.05, 0.1) is 23.1 Å². The molecule has 0 saturated carbocycles. The van der Waals surface area contributed by atoms with Crippen molar-refractivity contribution >= 4 is 39.2 Å². The molecular formula is C20H15N3O5S. The molecule has 0 spiro atoms. The minimum Gasteiger partial charge on any atom is -0.493 e. The largest absolute Gasteiger partial charge is 0.493 e. The Labute approximate surface area is 169 Å². The number of hydrogen-bond donors (Lipinski definition) is 1. The number of methoxy groups -OCH3 is 1. The van der Waals surface area contributed by atoms with E-state index in [-0.39, 0.29) is 12.3 Å². The highest BCUT2D eigenvalue weighted by Crippen LogP contribution is 2.29. The molecule has 0 unspecified atom stereocenters. The van der Waals surface area contributed by atoms with E-state index in [1.165, 1.54) is 36.8 Å². The van der Waals surface area contributed by atoms with Crippen molar-refractivity contribution in [2.24, 2.45) is 5.10 Å². The number of carbonyl (C=O) groups is 1. The lowest BCUT2D eigenvalue weighted by atomic mass is 10.2. The zero-order valence-corrected chi connectivity index (χ0v) is 16.1. The second-order valence-corrected chi connectivity index (χ2v) is 6.78. The number of nitro benzene ring substituents is 1. The molecule has 0 atom stereocenters. The maximum atomic E-state index is 12.3. The normalized spacial score (nSPS) is 10.6. The van der Waals surface area contributed by atoms with E-state index < -0.39 is 10.8 Å². The Morgan fingerprint density at radius 2 is 2.14 bits per heavy atom. The number of ether oxygens (including phenoxy) is 2. The highest BCUT2D eigenvalue weighted by Gasteiger charge is 2.13. The molecule has 1 amide bonds. The third-order valence-corrected chi connectivity index (χ3v) is 4.93. The topological polar surface area (TPSA) is 103 Å². The molecule has 1 aromatic heterocycles. The van der Waals surface area contributed by atoms with Crippen LogP contribution in [-0.4, -0.2) is 30.8 Å². The zero-order valence-electron chi connectivity index (χ0n) is 15.2. The van der Waals surface area contributed by atoms with Crippen LogP contribution in [0.3, 0.4) is 0 Å². The van der Waals surface area contributed by atoms with Gasteiger partial charge in [0, 0.05) is 22.2 Å². The Morgan fingerprint density at radius 1 is 1.31 bits per heavy atom. The molecule has 0 radical (unpaired) electrons. The number of hydrogen-bond acceptors (Lipinski definition) is 7. The number of thiophene rings is 1. The number of carbonyl (C=O) groups excluding carboxylic acids is 1. The van der Waals surface area contributed by atoms with Gasteiger partial charge in [-0.3, -0.25) is 14.9 Å². The van der Waals surface area contributed by atoms with Crippen LogP contribution < -0.4 is 14.9 Å². The summed E-state index contributed by atoms with van der Waals surface area (Å²) in [6.45, 7) is 0.123. The summed E-state index contributed by atoms with van der Waals surface area (Å²) in [7, 11) is 1.51. The Balaban J connectivity index is 1.70. The summed E-state index contributed by atoms with van der Waals surface area (Å²) < 4.78 is 11.4. The minimum atomic E-state index is -0.474. The maximum absolute atomic E-state index is 12.3. The summed E-state index contributed by atoms with van der Waals surface area (Å²) in [5.74, 6) is 2.96. The molecule has 8 nitrogen and oxygen atoms in total. The number of fused-ring (bicyclic) bond motifs is 1. The lowest BCUT2D eigenvalue weighted by Gasteiger charge is -2.08. The van der Waals surface area contributed by atoms with Gasteiger partial charge in [0.25, 0.3) is 11.6 Å². The van der Waals surface area contributed by atoms with Gasteiger partial charge in [0.15, 0.2) is 11.5 Å². The van der Waals surface area contributed by atoms with E-state index in [9.17, 15) is 14.9 Å². The van der Waals surface area contributed by atoms with E-state index in [4.69, 9.17) is 15.9 Å². The summed E-state index contributed by atoms with van der Waals surface area (Å²) in [5.41, 5.74) is 3.10. The summed E-state index contributed by atoms with van der Waals surface area (Å²) in [6, 6.07) is 11.2. The van der Waals surface area contributed by atoms with E-state index in [0.717, 1.165) is 4.70 Å². The lowest BCUT2D eigenvalue weighted by Crippen LogP contribution is -2.16. The second-order valence-electron chi connectivity index (χ2n) is 5.69. The number of benzene rings is 2. The number of rotatable bonds is 7. The van der Waals surface area contributed by atoms with Gasteiger partial charge in [-0.25, -0.2) is 5.43 Å². The molecule has 9 heteroatoms. The molecular weight excluding hydrogens is 394 g/mol. The molecule has 1 heterocycles. The van der Waals surface area contributed by atoms with Crippen molar-refractivity contribution in [3.05, 3.63) is 63.0 Å². The summed E-state index contributed by atoms with van der Waals surface area (Å²) in [5, 5.41) is 15.4. The van der Waals surface area contributed by atoms with Crippen molar-refractivity contribution in [3.63, 3.8) is 0 Å². The first-order valence-corrected chi connectivity index (χ1v) is 9.09. The Morgan fingerprint density at radius 3 is 2.86 bits per heavy atom. The van der Waals surface area contributed by atoms with E-state index >= 15 is 0 Å². The minimum absolute atomic E-state index is 0.0242. The van der Waals surface area contributed by atoms with Crippen LogP contribution in [0.5, 0.6) is 11.5 Å². The van der Waals surface area contributed by atoms with Gasteiger partial charge in [-0.2, -0.15) is 5.10 Å². The number of hydrazone groups is 1. The Bertz CT molecular complexity index is 1150. The van der Waals surface area contributed by atoms with Crippen LogP contribution in [0.2, 0.25) is 0 Å². The van der Waals surface area contributed by atoms with Crippen molar-refractivity contribution in [1.82, 2.24) is 5.43 Å². The zero-order chi connectivity index (χ0) is 20.8. The summed E-state index contributed by atoms with van der Waals surface area (Å²) >= 11 is 1.23. The van der Waals surface area contributed by atoms with Gasteiger partial charge in [-0.15, -0.1) is 17.8 Å². The molecule has 0 saturated heterocycles. The van der Waals surface area contributed by atoms with Crippen molar-refractivity contribution in [3.8, 4) is 23.8 Å². The van der Waals surface area contributed by atoms with Crippen LogP contribution in [-0.2, 0) is 0 Å². The fourth-order valence-corrected chi connectivity index (χ4v) is 3.41. The van der Waals surface area contributed by atoms with Gasteiger partial charge in [0.2, 0.25) is 0 Å². The van der Waals surface area contributed by atoms with Crippen LogP contribution >= 0.6 is 11.3 Å². The molecule has 146 valence electrons. The predicted molar refractivity (Wildman–Crippen MR) is 111 cm³/mol. The molecule has 0 aliphatic carbocycles. The molecule has 29 heavy (non-hydrogen) atoms.